The number of aliphatic imine (C=N–C) groups is 1. The second-order valence-electron chi connectivity index (χ2n) is 6.30. The van der Waals surface area contributed by atoms with Gasteiger partial charge in [-0.2, -0.15) is 0 Å². The highest BCUT2D eigenvalue weighted by molar-refractivity contribution is 6.01. The van der Waals surface area contributed by atoms with Gasteiger partial charge in [-0.05, 0) is 36.1 Å². The summed E-state index contributed by atoms with van der Waals surface area (Å²) >= 11 is 0. The predicted molar refractivity (Wildman–Crippen MR) is 100 cm³/mol. The van der Waals surface area contributed by atoms with E-state index in [-0.39, 0.29) is 30.8 Å². The normalized spacial score (nSPS) is 17.1. The molecule has 1 heterocycles. The minimum Gasteiger partial charge on any atom is -0.446 e. The minimum atomic E-state index is -0.600. The number of ether oxygens (including phenoxy) is 1. The van der Waals surface area contributed by atoms with Crippen LogP contribution in [0.25, 0.3) is 0 Å². The monoisotopic (exact) mass is 368 g/mol. The molecule has 1 fully saturated rings. The maximum absolute atomic E-state index is 13.1. The van der Waals surface area contributed by atoms with Crippen molar-refractivity contribution >= 4 is 17.7 Å². The molecule has 3 rings (SSSR count). The molecule has 0 spiro atoms. The van der Waals surface area contributed by atoms with Gasteiger partial charge in [0.05, 0.1) is 0 Å². The largest absolute Gasteiger partial charge is 0.446 e. The zero-order valence-electron chi connectivity index (χ0n) is 15.1. The standard InChI is InChI=1S/C21H21FN2O3/c1-23-18(15-10-12-17(22)13-11-15)8-5-9-20(25)24-19(14-27-21(24)26)16-6-3-2-4-7-16/h2-4,6-7,10-13,19H,5,8-9,14H2,1H3/t19-/m1/s1. The minimum absolute atomic E-state index is 0.172. The van der Waals surface area contributed by atoms with Crippen LogP contribution >= 0.6 is 0 Å². The molecule has 1 aliphatic heterocycles. The molecule has 1 atom stereocenters. The zero-order chi connectivity index (χ0) is 19.2. The second kappa shape index (κ2) is 8.58. The van der Waals surface area contributed by atoms with Crippen LogP contribution in [-0.2, 0) is 9.53 Å². The van der Waals surface area contributed by atoms with Crippen LogP contribution in [0, 0.1) is 5.82 Å². The average molecular weight is 368 g/mol. The average Bonchev–Trinajstić information content (AvgIpc) is 3.08. The number of nitrogens with zero attached hydrogens (tertiary/aromatic N) is 2. The van der Waals surface area contributed by atoms with Gasteiger partial charge in [0.1, 0.15) is 18.5 Å². The van der Waals surface area contributed by atoms with Crippen LogP contribution in [0.4, 0.5) is 9.18 Å². The fourth-order valence-corrected chi connectivity index (χ4v) is 3.17. The van der Waals surface area contributed by atoms with Crippen molar-refractivity contribution in [2.24, 2.45) is 4.99 Å². The van der Waals surface area contributed by atoms with Crippen LogP contribution in [0.15, 0.2) is 59.6 Å². The van der Waals surface area contributed by atoms with E-state index in [1.807, 2.05) is 30.3 Å². The van der Waals surface area contributed by atoms with E-state index in [9.17, 15) is 14.0 Å². The number of amides is 2. The number of cyclic esters (lactones) is 1. The van der Waals surface area contributed by atoms with E-state index in [1.165, 1.54) is 17.0 Å². The molecule has 1 aliphatic rings. The third kappa shape index (κ3) is 4.39. The van der Waals surface area contributed by atoms with Crippen LogP contribution in [0.1, 0.15) is 36.4 Å². The van der Waals surface area contributed by atoms with Crippen molar-refractivity contribution in [3.05, 3.63) is 71.5 Å². The summed E-state index contributed by atoms with van der Waals surface area (Å²) in [6.45, 7) is 0.172. The molecular formula is C21H21FN2O3. The summed E-state index contributed by atoms with van der Waals surface area (Å²) < 4.78 is 18.2. The van der Waals surface area contributed by atoms with E-state index in [0.717, 1.165) is 16.8 Å². The van der Waals surface area contributed by atoms with Gasteiger partial charge in [0.15, 0.2) is 0 Å². The first kappa shape index (κ1) is 18.8. The molecular weight excluding hydrogens is 347 g/mol. The Hall–Kier alpha value is -3.02. The molecule has 0 aromatic heterocycles. The third-order valence-corrected chi connectivity index (χ3v) is 4.58. The summed E-state index contributed by atoms with van der Waals surface area (Å²) in [7, 11) is 1.67. The molecule has 0 saturated carbocycles. The highest BCUT2D eigenvalue weighted by Gasteiger charge is 2.38. The lowest BCUT2D eigenvalue weighted by atomic mass is 10.0. The SMILES string of the molecule is CN=C(CCCC(=O)N1C(=O)OC[C@@H]1c1ccccc1)c1ccc(F)cc1. The van der Waals surface area contributed by atoms with Gasteiger partial charge >= 0.3 is 6.09 Å². The first-order valence-corrected chi connectivity index (χ1v) is 8.85. The Morgan fingerprint density at radius 2 is 1.85 bits per heavy atom. The molecule has 0 radical (unpaired) electrons. The fraction of sp³-hybridized carbons (Fsp3) is 0.286. The number of carbonyl (C=O) groups is 2. The molecule has 2 aromatic rings. The van der Waals surface area contributed by atoms with Gasteiger partial charge in [-0.1, -0.05) is 42.5 Å². The van der Waals surface area contributed by atoms with Crippen molar-refractivity contribution < 1.29 is 18.7 Å². The molecule has 0 aliphatic carbocycles. The van der Waals surface area contributed by atoms with E-state index < -0.39 is 6.09 Å². The van der Waals surface area contributed by atoms with E-state index in [1.54, 1.807) is 19.2 Å². The van der Waals surface area contributed by atoms with Crippen molar-refractivity contribution in [1.82, 2.24) is 4.90 Å². The number of imide groups is 1. The molecule has 5 nitrogen and oxygen atoms in total. The van der Waals surface area contributed by atoms with E-state index >= 15 is 0 Å². The highest BCUT2D eigenvalue weighted by atomic mass is 19.1. The smallest absolute Gasteiger partial charge is 0.417 e. The topological polar surface area (TPSA) is 59.0 Å². The van der Waals surface area contributed by atoms with Crippen molar-refractivity contribution in [2.45, 2.75) is 25.3 Å². The summed E-state index contributed by atoms with van der Waals surface area (Å²) in [6, 6.07) is 15.1. The Morgan fingerprint density at radius 3 is 2.52 bits per heavy atom. The van der Waals surface area contributed by atoms with Crippen molar-refractivity contribution in [3.63, 3.8) is 0 Å². The second-order valence-corrected chi connectivity index (χ2v) is 6.30. The Labute approximate surface area is 157 Å². The number of carbonyl (C=O) groups excluding carboxylic acids is 2. The summed E-state index contributed by atoms with van der Waals surface area (Å²) in [5.41, 5.74) is 2.50. The molecule has 1 saturated heterocycles. The van der Waals surface area contributed by atoms with E-state index in [2.05, 4.69) is 4.99 Å². The van der Waals surface area contributed by atoms with Gasteiger partial charge in [0, 0.05) is 19.2 Å². The molecule has 6 heteroatoms. The number of benzene rings is 2. The van der Waals surface area contributed by atoms with Gasteiger partial charge < -0.3 is 4.74 Å². The lowest BCUT2D eigenvalue weighted by molar-refractivity contribution is -0.129. The Kier molecular flexibility index (Phi) is 5.96. The lowest BCUT2D eigenvalue weighted by Gasteiger charge is -2.20. The first-order chi connectivity index (χ1) is 13.1. The number of halogens is 1. The Morgan fingerprint density at radius 1 is 1.15 bits per heavy atom. The summed E-state index contributed by atoms with van der Waals surface area (Å²) in [6.07, 6.45) is 0.705. The maximum atomic E-state index is 13.1. The third-order valence-electron chi connectivity index (χ3n) is 4.58. The van der Waals surface area contributed by atoms with Gasteiger partial charge in [0.2, 0.25) is 5.91 Å². The summed E-state index contributed by atoms with van der Waals surface area (Å²) in [5.74, 6) is -0.565. The first-order valence-electron chi connectivity index (χ1n) is 8.85. The van der Waals surface area contributed by atoms with E-state index in [0.29, 0.717) is 12.8 Å². The Balaban J connectivity index is 1.61. The molecule has 140 valence electrons. The zero-order valence-corrected chi connectivity index (χ0v) is 15.1. The lowest BCUT2D eigenvalue weighted by Crippen LogP contribution is -2.34. The van der Waals surface area contributed by atoms with Crippen LogP contribution in [0.5, 0.6) is 0 Å². The molecule has 0 unspecified atom stereocenters. The van der Waals surface area contributed by atoms with Gasteiger partial charge in [-0.25, -0.2) is 14.1 Å². The van der Waals surface area contributed by atoms with Crippen molar-refractivity contribution in [2.75, 3.05) is 13.7 Å². The van der Waals surface area contributed by atoms with Crippen LogP contribution in [-0.4, -0.2) is 36.3 Å². The molecule has 0 N–H and O–H groups in total. The highest BCUT2D eigenvalue weighted by Crippen LogP contribution is 2.28. The fourth-order valence-electron chi connectivity index (χ4n) is 3.17. The van der Waals surface area contributed by atoms with Gasteiger partial charge in [-0.3, -0.25) is 9.79 Å². The molecule has 2 aromatic carbocycles. The maximum Gasteiger partial charge on any atom is 0.417 e. The number of hydrogen-bond acceptors (Lipinski definition) is 4. The number of hydrogen-bond donors (Lipinski definition) is 0. The Bertz CT molecular complexity index is 834. The van der Waals surface area contributed by atoms with Crippen molar-refractivity contribution in [3.8, 4) is 0 Å². The van der Waals surface area contributed by atoms with Crippen molar-refractivity contribution in [1.29, 1.82) is 0 Å². The van der Waals surface area contributed by atoms with Crippen LogP contribution in [0.3, 0.4) is 0 Å². The quantitative estimate of drug-likeness (QED) is 0.720. The summed E-state index contributed by atoms with van der Waals surface area (Å²) in [5, 5.41) is 0. The van der Waals surface area contributed by atoms with Crippen LogP contribution in [0.2, 0.25) is 0 Å². The van der Waals surface area contributed by atoms with E-state index in [4.69, 9.17) is 4.74 Å². The predicted octanol–water partition coefficient (Wildman–Crippen LogP) is 4.14. The molecule has 27 heavy (non-hydrogen) atoms. The van der Waals surface area contributed by atoms with Gasteiger partial charge in [-0.15, -0.1) is 0 Å². The van der Waals surface area contributed by atoms with Crippen LogP contribution < -0.4 is 0 Å². The molecule has 0 bridgehead atoms. The number of rotatable bonds is 6. The molecule has 2 amide bonds. The summed E-state index contributed by atoms with van der Waals surface area (Å²) in [4.78, 5) is 30.1. The van der Waals surface area contributed by atoms with Gasteiger partial charge in [0.25, 0.3) is 0 Å².